The smallest absolute Gasteiger partial charge is 0.128 e. The molecule has 0 aliphatic rings. The maximum atomic E-state index is 4.56. The fourth-order valence-corrected chi connectivity index (χ4v) is 2.38. The van der Waals surface area contributed by atoms with Gasteiger partial charge in [-0.15, -0.1) is 0 Å². The van der Waals surface area contributed by atoms with Crippen molar-refractivity contribution >= 4 is 17.6 Å². The largest absolute Gasteiger partial charge is 0.356 e. The molecule has 1 atom stereocenters. The molecule has 108 valence electrons. The van der Waals surface area contributed by atoms with Gasteiger partial charge in [0.25, 0.3) is 0 Å². The molecule has 0 spiro atoms. The first-order valence-corrected chi connectivity index (χ1v) is 8.14. The second-order valence-corrected chi connectivity index (χ2v) is 6.95. The predicted molar refractivity (Wildman–Crippen MR) is 87.1 cm³/mol. The molecule has 0 bridgehead atoms. The Hall–Kier alpha value is -0.740. The van der Waals surface area contributed by atoms with Crippen molar-refractivity contribution in [2.24, 2.45) is 0 Å². The van der Waals surface area contributed by atoms with Crippen LogP contribution < -0.4 is 10.2 Å². The molecule has 1 aromatic heterocycles. The van der Waals surface area contributed by atoms with Crippen LogP contribution in [0, 0.1) is 0 Å². The summed E-state index contributed by atoms with van der Waals surface area (Å²) in [6.45, 7) is 9.61. The summed E-state index contributed by atoms with van der Waals surface area (Å²) in [4.78, 5) is 6.79. The monoisotopic (exact) mass is 281 g/mol. The molecule has 1 N–H and O–H groups in total. The minimum absolute atomic E-state index is 0.141. The van der Waals surface area contributed by atoms with E-state index in [2.05, 4.69) is 68.3 Å². The van der Waals surface area contributed by atoms with E-state index in [4.69, 9.17) is 0 Å². The van der Waals surface area contributed by atoms with E-state index in [-0.39, 0.29) is 5.54 Å². The van der Waals surface area contributed by atoms with Crippen LogP contribution in [0.2, 0.25) is 0 Å². The Bertz CT molecular complexity index is 370. The molecule has 0 saturated heterocycles. The van der Waals surface area contributed by atoms with Crippen molar-refractivity contribution in [2.45, 2.75) is 45.8 Å². The first-order valence-electron chi connectivity index (χ1n) is 6.75. The highest BCUT2D eigenvalue weighted by Gasteiger charge is 2.11. The highest BCUT2D eigenvalue weighted by molar-refractivity contribution is 7.98. The predicted octanol–water partition coefficient (Wildman–Crippen LogP) is 3.16. The fraction of sp³-hybridized carbons (Fsp3) is 0.667. The van der Waals surface area contributed by atoms with Crippen molar-refractivity contribution in [2.75, 3.05) is 24.0 Å². The maximum absolute atomic E-state index is 4.56. The van der Waals surface area contributed by atoms with Crippen molar-refractivity contribution in [3.8, 4) is 0 Å². The second kappa shape index (κ2) is 7.15. The zero-order chi connectivity index (χ0) is 14.5. The lowest BCUT2D eigenvalue weighted by molar-refractivity contribution is 0.424. The Morgan fingerprint density at radius 1 is 1.37 bits per heavy atom. The van der Waals surface area contributed by atoms with Gasteiger partial charge < -0.3 is 10.2 Å². The number of aromatic nitrogens is 1. The molecule has 0 aliphatic heterocycles. The van der Waals surface area contributed by atoms with E-state index in [0.29, 0.717) is 6.04 Å². The summed E-state index contributed by atoms with van der Waals surface area (Å²) in [5, 5.41) is 3.47. The molecule has 0 amide bonds. The Morgan fingerprint density at radius 2 is 2.05 bits per heavy atom. The maximum Gasteiger partial charge on any atom is 0.128 e. The summed E-state index contributed by atoms with van der Waals surface area (Å²) < 4.78 is 0. The van der Waals surface area contributed by atoms with Crippen LogP contribution >= 0.6 is 11.8 Å². The minimum Gasteiger partial charge on any atom is -0.356 e. The van der Waals surface area contributed by atoms with E-state index in [1.165, 1.54) is 5.56 Å². The summed E-state index contributed by atoms with van der Waals surface area (Å²) >= 11 is 1.87. The van der Waals surface area contributed by atoms with Crippen LogP contribution in [0.15, 0.2) is 18.3 Å². The van der Waals surface area contributed by atoms with Crippen LogP contribution in [-0.2, 0) is 6.54 Å². The normalized spacial score (nSPS) is 13.4. The molecule has 19 heavy (non-hydrogen) atoms. The van der Waals surface area contributed by atoms with Gasteiger partial charge >= 0.3 is 0 Å². The van der Waals surface area contributed by atoms with Gasteiger partial charge in [-0.25, -0.2) is 4.98 Å². The number of nitrogens with one attached hydrogen (secondary N) is 1. The lowest BCUT2D eigenvalue weighted by atomic mass is 10.1. The molecule has 1 aromatic rings. The van der Waals surface area contributed by atoms with E-state index in [9.17, 15) is 0 Å². The van der Waals surface area contributed by atoms with Gasteiger partial charge in [-0.3, -0.25) is 0 Å². The zero-order valence-electron chi connectivity index (χ0n) is 13.0. The number of anilines is 1. The van der Waals surface area contributed by atoms with Crippen LogP contribution in [0.5, 0.6) is 0 Å². The van der Waals surface area contributed by atoms with Crippen LogP contribution in [0.3, 0.4) is 0 Å². The Morgan fingerprint density at radius 3 is 2.53 bits per heavy atom. The Kier molecular flexibility index (Phi) is 6.14. The Labute approximate surface area is 122 Å². The molecule has 3 nitrogen and oxygen atoms in total. The summed E-state index contributed by atoms with van der Waals surface area (Å²) in [6, 6.07) is 4.76. The molecule has 0 fully saturated rings. The van der Waals surface area contributed by atoms with Crippen molar-refractivity contribution < 1.29 is 0 Å². The lowest BCUT2D eigenvalue weighted by Gasteiger charge is -2.25. The number of pyridine rings is 1. The molecule has 4 heteroatoms. The first-order chi connectivity index (χ1) is 8.83. The van der Waals surface area contributed by atoms with E-state index < -0.39 is 0 Å². The number of rotatable bonds is 6. The standard InChI is InChI=1S/C15H27N3S/c1-12(11-19-6)18(5)14-8-7-13(9-16-14)10-17-15(2,3)4/h7-9,12,17H,10-11H2,1-6H3. The third kappa shape index (κ3) is 5.83. The van der Waals surface area contributed by atoms with Gasteiger partial charge in [0.2, 0.25) is 0 Å². The van der Waals surface area contributed by atoms with Gasteiger partial charge in [-0.1, -0.05) is 6.07 Å². The fourth-order valence-electron chi connectivity index (χ4n) is 1.68. The summed E-state index contributed by atoms with van der Waals surface area (Å²) in [7, 11) is 2.11. The molecular formula is C15H27N3S. The second-order valence-electron chi connectivity index (χ2n) is 6.04. The molecule has 1 rings (SSSR count). The van der Waals surface area contributed by atoms with Crippen LogP contribution in [0.4, 0.5) is 5.82 Å². The highest BCUT2D eigenvalue weighted by atomic mass is 32.2. The van der Waals surface area contributed by atoms with Gasteiger partial charge in [-0.2, -0.15) is 11.8 Å². The Balaban J connectivity index is 2.60. The van der Waals surface area contributed by atoms with E-state index >= 15 is 0 Å². The third-order valence-electron chi connectivity index (χ3n) is 3.06. The highest BCUT2D eigenvalue weighted by Crippen LogP contribution is 2.15. The van der Waals surface area contributed by atoms with Crippen molar-refractivity contribution in [3.05, 3.63) is 23.9 Å². The molecular weight excluding hydrogens is 254 g/mol. The molecule has 1 unspecified atom stereocenters. The molecule has 1 heterocycles. The van der Waals surface area contributed by atoms with E-state index in [1.54, 1.807) is 0 Å². The average molecular weight is 281 g/mol. The van der Waals surface area contributed by atoms with Gasteiger partial charge in [0.1, 0.15) is 5.82 Å². The van der Waals surface area contributed by atoms with Gasteiger partial charge in [0.15, 0.2) is 0 Å². The quantitative estimate of drug-likeness (QED) is 0.867. The summed E-state index contributed by atoms with van der Waals surface area (Å²) in [6.07, 6.45) is 4.11. The van der Waals surface area contributed by atoms with Crippen molar-refractivity contribution in [1.82, 2.24) is 10.3 Å². The van der Waals surface area contributed by atoms with Gasteiger partial charge in [0.05, 0.1) is 0 Å². The number of hydrogen-bond donors (Lipinski definition) is 1. The molecule has 0 aliphatic carbocycles. The van der Waals surface area contributed by atoms with Gasteiger partial charge in [0, 0.05) is 37.1 Å². The number of nitrogens with zero attached hydrogens (tertiary/aromatic N) is 2. The van der Waals surface area contributed by atoms with Crippen LogP contribution in [0.1, 0.15) is 33.3 Å². The number of thioether (sulfide) groups is 1. The van der Waals surface area contributed by atoms with Crippen molar-refractivity contribution in [1.29, 1.82) is 0 Å². The number of hydrogen-bond acceptors (Lipinski definition) is 4. The summed E-state index contributed by atoms with van der Waals surface area (Å²) in [5.74, 6) is 2.16. The van der Waals surface area contributed by atoms with E-state index in [0.717, 1.165) is 18.1 Å². The van der Waals surface area contributed by atoms with E-state index in [1.807, 2.05) is 18.0 Å². The molecule has 0 saturated carbocycles. The minimum atomic E-state index is 0.141. The van der Waals surface area contributed by atoms with Crippen LogP contribution in [0.25, 0.3) is 0 Å². The molecule has 0 aromatic carbocycles. The topological polar surface area (TPSA) is 28.2 Å². The third-order valence-corrected chi connectivity index (χ3v) is 3.88. The van der Waals surface area contributed by atoms with Gasteiger partial charge in [-0.05, 0) is 45.6 Å². The molecule has 0 radical (unpaired) electrons. The zero-order valence-corrected chi connectivity index (χ0v) is 13.8. The average Bonchev–Trinajstić information content (AvgIpc) is 2.35. The lowest BCUT2D eigenvalue weighted by Crippen LogP contribution is -2.35. The first kappa shape index (κ1) is 16.3. The summed E-state index contributed by atoms with van der Waals surface area (Å²) in [5.41, 5.74) is 1.37. The SMILES string of the molecule is CSCC(C)N(C)c1ccc(CNC(C)(C)C)cn1. The van der Waals surface area contributed by atoms with Crippen LogP contribution in [-0.4, -0.2) is 35.6 Å². The van der Waals surface area contributed by atoms with Crippen molar-refractivity contribution in [3.63, 3.8) is 0 Å².